The summed E-state index contributed by atoms with van der Waals surface area (Å²) in [6.07, 6.45) is 1.48. The normalized spacial score (nSPS) is 10.1. The molecule has 0 aliphatic rings. The van der Waals surface area contributed by atoms with Crippen LogP contribution in [0.2, 0.25) is 0 Å². The predicted octanol–water partition coefficient (Wildman–Crippen LogP) is 0.673. The van der Waals surface area contributed by atoms with Gasteiger partial charge in [0.2, 0.25) is 0 Å². The molecule has 0 radical (unpaired) electrons. The number of benzene rings is 1. The lowest BCUT2D eigenvalue weighted by molar-refractivity contribution is 0.572. The molecule has 0 spiro atoms. The Morgan fingerprint density at radius 1 is 1.43 bits per heavy atom. The van der Waals surface area contributed by atoms with Gasteiger partial charge in [0.25, 0.3) is 5.56 Å². The summed E-state index contributed by atoms with van der Waals surface area (Å²) in [5.41, 5.74) is 6.11. The first-order chi connectivity index (χ1) is 10.1. The third-order valence-electron chi connectivity index (χ3n) is 2.85. The average molecular weight is 287 g/mol. The number of nitrogens with zero attached hydrogens (tertiary/aromatic N) is 3. The Kier molecular flexibility index (Phi) is 4.64. The minimum Gasteiger partial charge on any atom is -0.382 e. The molecule has 3 N–H and O–H groups in total. The maximum atomic E-state index is 13.8. The van der Waals surface area contributed by atoms with Crippen LogP contribution < -0.4 is 16.6 Å². The summed E-state index contributed by atoms with van der Waals surface area (Å²) in [4.78, 5) is 11.9. The van der Waals surface area contributed by atoms with Gasteiger partial charge < -0.3 is 11.1 Å². The van der Waals surface area contributed by atoms with E-state index in [1.807, 2.05) is 6.07 Å². The van der Waals surface area contributed by atoms with Crippen molar-refractivity contribution in [1.29, 1.82) is 5.26 Å². The quantitative estimate of drug-likeness (QED) is 0.842. The van der Waals surface area contributed by atoms with Crippen molar-refractivity contribution in [2.24, 2.45) is 5.73 Å². The number of nitrogens with one attached hydrogen (secondary N) is 1. The minimum atomic E-state index is -0.534. The van der Waals surface area contributed by atoms with Gasteiger partial charge in [-0.2, -0.15) is 10.4 Å². The number of halogens is 1. The first kappa shape index (κ1) is 14.7. The van der Waals surface area contributed by atoms with E-state index in [0.717, 1.165) is 10.7 Å². The Bertz CT molecular complexity index is 735. The molecule has 0 amide bonds. The molecule has 6 nitrogen and oxygen atoms in total. The minimum absolute atomic E-state index is 0.00748. The third kappa shape index (κ3) is 3.64. The lowest BCUT2D eigenvalue weighted by Gasteiger charge is -2.08. The number of anilines is 1. The Morgan fingerprint density at radius 2 is 2.24 bits per heavy atom. The molecule has 7 heteroatoms. The molecule has 1 heterocycles. The lowest BCUT2D eigenvalue weighted by atomic mass is 10.1. The van der Waals surface area contributed by atoms with E-state index in [1.54, 1.807) is 0 Å². The van der Waals surface area contributed by atoms with Crippen molar-refractivity contribution in [2.45, 2.75) is 6.54 Å². The largest absolute Gasteiger partial charge is 0.382 e. The molecule has 0 fully saturated rings. The van der Waals surface area contributed by atoms with E-state index in [9.17, 15) is 9.18 Å². The molecular weight excluding hydrogens is 273 g/mol. The van der Waals surface area contributed by atoms with Crippen LogP contribution in [0.1, 0.15) is 11.1 Å². The average Bonchev–Trinajstić information content (AvgIpc) is 2.49. The highest BCUT2D eigenvalue weighted by Gasteiger charge is 2.07. The van der Waals surface area contributed by atoms with Crippen LogP contribution >= 0.6 is 0 Å². The second kappa shape index (κ2) is 6.63. The van der Waals surface area contributed by atoms with Gasteiger partial charge in [-0.3, -0.25) is 4.79 Å². The molecule has 0 aliphatic heterocycles. The monoisotopic (exact) mass is 287 g/mol. The number of hydrogen-bond acceptors (Lipinski definition) is 5. The first-order valence-electron chi connectivity index (χ1n) is 6.33. The fourth-order valence-corrected chi connectivity index (χ4v) is 1.77. The van der Waals surface area contributed by atoms with Crippen molar-refractivity contribution in [2.75, 3.05) is 18.4 Å². The van der Waals surface area contributed by atoms with Gasteiger partial charge in [0, 0.05) is 24.7 Å². The topological polar surface area (TPSA) is 96.7 Å². The van der Waals surface area contributed by atoms with Crippen LogP contribution in [0.5, 0.6) is 0 Å². The maximum absolute atomic E-state index is 13.8. The van der Waals surface area contributed by atoms with Gasteiger partial charge in [0.15, 0.2) is 0 Å². The molecule has 0 bridgehead atoms. The van der Waals surface area contributed by atoms with Crippen molar-refractivity contribution >= 4 is 5.69 Å². The summed E-state index contributed by atoms with van der Waals surface area (Å²) in [6.45, 7) is 0.989. The van der Waals surface area contributed by atoms with Gasteiger partial charge in [-0.25, -0.2) is 9.07 Å². The van der Waals surface area contributed by atoms with Gasteiger partial charge in [0.05, 0.1) is 30.1 Å². The fourth-order valence-electron chi connectivity index (χ4n) is 1.77. The highest BCUT2D eigenvalue weighted by atomic mass is 19.1. The van der Waals surface area contributed by atoms with Crippen LogP contribution in [0, 0.1) is 17.1 Å². The molecule has 1 aromatic heterocycles. The molecule has 0 saturated carbocycles. The molecule has 2 aromatic rings. The van der Waals surface area contributed by atoms with Gasteiger partial charge in [-0.15, -0.1) is 0 Å². The Hall–Kier alpha value is -2.72. The van der Waals surface area contributed by atoms with E-state index < -0.39 is 5.82 Å². The van der Waals surface area contributed by atoms with Crippen molar-refractivity contribution < 1.29 is 4.39 Å². The van der Waals surface area contributed by atoms with E-state index in [2.05, 4.69) is 10.4 Å². The summed E-state index contributed by atoms with van der Waals surface area (Å²) >= 11 is 0. The fraction of sp³-hybridized carbons (Fsp3) is 0.214. The van der Waals surface area contributed by atoms with Crippen LogP contribution in [0.15, 0.2) is 35.3 Å². The van der Waals surface area contributed by atoms with E-state index in [4.69, 9.17) is 11.0 Å². The maximum Gasteiger partial charge on any atom is 0.269 e. The number of nitrogens with two attached hydrogens (primary N) is 1. The first-order valence-corrected chi connectivity index (χ1v) is 6.33. The van der Waals surface area contributed by atoms with Crippen LogP contribution in [-0.2, 0) is 6.54 Å². The zero-order valence-electron chi connectivity index (χ0n) is 11.2. The van der Waals surface area contributed by atoms with Crippen LogP contribution in [0.4, 0.5) is 10.1 Å². The van der Waals surface area contributed by atoms with Crippen molar-refractivity contribution in [3.8, 4) is 6.07 Å². The predicted molar refractivity (Wildman–Crippen MR) is 76.3 cm³/mol. The van der Waals surface area contributed by atoms with Crippen LogP contribution in [-0.4, -0.2) is 22.9 Å². The van der Waals surface area contributed by atoms with Crippen molar-refractivity contribution in [3.63, 3.8) is 0 Å². The Morgan fingerprint density at radius 3 is 2.86 bits per heavy atom. The van der Waals surface area contributed by atoms with Gasteiger partial charge in [-0.1, -0.05) is 6.07 Å². The standard InChI is InChI=1S/C14H14FN5O/c15-13-5-10(7-17)1-2-11(13)9-20-14(21)6-12(8-19-20)18-4-3-16/h1-2,5-6,8,18H,3-4,9,16H2. The van der Waals surface area contributed by atoms with E-state index >= 15 is 0 Å². The molecule has 2 rings (SSSR count). The van der Waals surface area contributed by atoms with Gasteiger partial charge in [0.1, 0.15) is 5.82 Å². The van der Waals surface area contributed by atoms with E-state index in [1.165, 1.54) is 24.4 Å². The number of nitriles is 1. The molecule has 0 aliphatic carbocycles. The molecule has 1 aromatic carbocycles. The smallest absolute Gasteiger partial charge is 0.269 e. The second-order valence-corrected chi connectivity index (χ2v) is 4.37. The highest BCUT2D eigenvalue weighted by Crippen LogP contribution is 2.10. The van der Waals surface area contributed by atoms with Crippen molar-refractivity contribution in [3.05, 3.63) is 57.8 Å². The summed E-state index contributed by atoms with van der Waals surface area (Å²) in [5, 5.41) is 15.6. The summed E-state index contributed by atoms with van der Waals surface area (Å²) in [7, 11) is 0. The zero-order valence-corrected chi connectivity index (χ0v) is 11.2. The zero-order chi connectivity index (χ0) is 15.2. The summed E-state index contributed by atoms with van der Waals surface area (Å²) in [5.74, 6) is -0.534. The SMILES string of the molecule is N#Cc1ccc(Cn2ncc(NCCN)cc2=O)c(F)c1. The summed E-state index contributed by atoms with van der Waals surface area (Å²) in [6, 6.07) is 7.35. The van der Waals surface area contributed by atoms with E-state index in [0.29, 0.717) is 24.3 Å². The highest BCUT2D eigenvalue weighted by molar-refractivity contribution is 5.39. The third-order valence-corrected chi connectivity index (χ3v) is 2.85. The van der Waals surface area contributed by atoms with Crippen LogP contribution in [0.25, 0.3) is 0 Å². The number of hydrogen-bond donors (Lipinski definition) is 2. The molecule has 0 unspecified atom stereocenters. The van der Waals surface area contributed by atoms with Crippen LogP contribution in [0.3, 0.4) is 0 Å². The van der Waals surface area contributed by atoms with Gasteiger partial charge >= 0.3 is 0 Å². The molecular formula is C14H14FN5O. The van der Waals surface area contributed by atoms with Gasteiger partial charge in [-0.05, 0) is 12.1 Å². The molecule has 21 heavy (non-hydrogen) atoms. The van der Waals surface area contributed by atoms with Crippen molar-refractivity contribution in [1.82, 2.24) is 9.78 Å². The Labute approximate surface area is 120 Å². The Balaban J connectivity index is 2.20. The second-order valence-electron chi connectivity index (χ2n) is 4.37. The summed E-state index contributed by atoms with van der Waals surface area (Å²) < 4.78 is 14.9. The molecule has 108 valence electrons. The number of aromatic nitrogens is 2. The molecule has 0 atom stereocenters. The lowest BCUT2D eigenvalue weighted by Crippen LogP contribution is -2.24. The molecule has 0 saturated heterocycles. The van der Waals surface area contributed by atoms with E-state index in [-0.39, 0.29) is 17.7 Å². The number of rotatable bonds is 5.